The molecule has 1 heterocycles. The van der Waals surface area contributed by atoms with Crippen LogP contribution in [0.4, 0.5) is 5.69 Å². The van der Waals surface area contributed by atoms with E-state index in [1.807, 2.05) is 49.4 Å². The number of benzene rings is 3. The van der Waals surface area contributed by atoms with Gasteiger partial charge in [-0.15, -0.1) is 10.2 Å². The Bertz CT molecular complexity index is 1170. The van der Waals surface area contributed by atoms with Gasteiger partial charge in [0, 0.05) is 10.7 Å². The van der Waals surface area contributed by atoms with Crippen LogP contribution >= 0.6 is 11.6 Å². The number of amides is 1. The van der Waals surface area contributed by atoms with Crippen molar-refractivity contribution in [1.29, 1.82) is 0 Å². The summed E-state index contributed by atoms with van der Waals surface area (Å²) < 4.78 is 5.27. The molecule has 0 saturated carbocycles. The van der Waals surface area contributed by atoms with Gasteiger partial charge in [-0.2, -0.15) is 4.80 Å². The minimum Gasteiger partial charge on any atom is -0.496 e. The molecule has 1 amide bonds. The zero-order chi connectivity index (χ0) is 19.7. The van der Waals surface area contributed by atoms with Gasteiger partial charge in [0.1, 0.15) is 16.8 Å². The van der Waals surface area contributed by atoms with Gasteiger partial charge in [0.15, 0.2) is 0 Å². The second-order valence-corrected chi connectivity index (χ2v) is 6.72. The summed E-state index contributed by atoms with van der Waals surface area (Å²) in [5.74, 6) is 0.146. The van der Waals surface area contributed by atoms with Crippen molar-refractivity contribution < 1.29 is 9.53 Å². The highest BCUT2D eigenvalue weighted by atomic mass is 35.5. The molecular formula is C21H17ClN4O2. The van der Waals surface area contributed by atoms with Crippen molar-refractivity contribution in [3.63, 3.8) is 0 Å². The number of nitrogens with zero attached hydrogens (tertiary/aromatic N) is 3. The first-order valence-electron chi connectivity index (χ1n) is 8.63. The van der Waals surface area contributed by atoms with Gasteiger partial charge in [0.25, 0.3) is 5.91 Å². The predicted molar refractivity (Wildman–Crippen MR) is 110 cm³/mol. The van der Waals surface area contributed by atoms with Crippen LogP contribution in [0, 0.1) is 6.92 Å². The van der Waals surface area contributed by atoms with Gasteiger partial charge < -0.3 is 10.1 Å². The molecule has 0 radical (unpaired) electrons. The molecule has 7 heteroatoms. The Labute approximate surface area is 166 Å². The van der Waals surface area contributed by atoms with E-state index in [0.717, 1.165) is 16.8 Å². The Morgan fingerprint density at radius 3 is 2.46 bits per heavy atom. The van der Waals surface area contributed by atoms with Gasteiger partial charge in [-0.05, 0) is 55.0 Å². The van der Waals surface area contributed by atoms with Gasteiger partial charge >= 0.3 is 0 Å². The monoisotopic (exact) mass is 392 g/mol. The van der Waals surface area contributed by atoms with Crippen molar-refractivity contribution in [2.24, 2.45) is 0 Å². The summed E-state index contributed by atoms with van der Waals surface area (Å²) in [4.78, 5) is 14.3. The van der Waals surface area contributed by atoms with E-state index < -0.39 is 0 Å². The zero-order valence-electron chi connectivity index (χ0n) is 15.3. The highest BCUT2D eigenvalue weighted by Gasteiger charge is 2.15. The van der Waals surface area contributed by atoms with E-state index in [2.05, 4.69) is 15.5 Å². The summed E-state index contributed by atoms with van der Waals surface area (Å²) in [5, 5.41) is 12.4. The van der Waals surface area contributed by atoms with Gasteiger partial charge in [-0.1, -0.05) is 29.8 Å². The maximum atomic E-state index is 12.8. The Morgan fingerprint density at radius 2 is 1.75 bits per heavy atom. The van der Waals surface area contributed by atoms with Crippen molar-refractivity contribution in [1.82, 2.24) is 15.0 Å². The fraction of sp³-hybridized carbons (Fsp3) is 0.0952. The third-order valence-corrected chi connectivity index (χ3v) is 4.60. The van der Waals surface area contributed by atoms with E-state index in [9.17, 15) is 4.79 Å². The average molecular weight is 393 g/mol. The molecular weight excluding hydrogens is 376 g/mol. The van der Waals surface area contributed by atoms with Crippen LogP contribution in [0.1, 0.15) is 15.9 Å². The van der Waals surface area contributed by atoms with Crippen molar-refractivity contribution in [3.05, 3.63) is 76.8 Å². The van der Waals surface area contributed by atoms with Crippen LogP contribution in [-0.2, 0) is 0 Å². The lowest BCUT2D eigenvalue weighted by Gasteiger charge is -2.11. The Hall–Kier alpha value is -3.38. The number of anilines is 1. The number of nitrogens with one attached hydrogen (secondary N) is 1. The van der Waals surface area contributed by atoms with Gasteiger partial charge in [0.2, 0.25) is 0 Å². The largest absolute Gasteiger partial charge is 0.496 e. The van der Waals surface area contributed by atoms with Crippen molar-refractivity contribution in [2.75, 3.05) is 12.4 Å². The lowest BCUT2D eigenvalue weighted by atomic mass is 10.1. The second kappa shape index (κ2) is 7.32. The van der Waals surface area contributed by atoms with E-state index in [1.165, 1.54) is 7.11 Å². The van der Waals surface area contributed by atoms with Gasteiger partial charge in [0.05, 0.1) is 18.4 Å². The molecule has 0 spiro atoms. The number of aromatic nitrogens is 3. The van der Waals surface area contributed by atoms with E-state index in [-0.39, 0.29) is 5.91 Å². The normalized spacial score (nSPS) is 10.8. The highest BCUT2D eigenvalue weighted by Crippen LogP contribution is 2.26. The number of carbonyl (C=O) groups is 1. The summed E-state index contributed by atoms with van der Waals surface area (Å²) in [6.07, 6.45) is 0. The molecule has 0 unspecified atom stereocenters. The average Bonchev–Trinajstić information content (AvgIpc) is 3.11. The number of methoxy groups -OCH3 is 1. The van der Waals surface area contributed by atoms with E-state index in [0.29, 0.717) is 27.5 Å². The summed E-state index contributed by atoms with van der Waals surface area (Å²) in [6, 6.07) is 18.3. The Balaban J connectivity index is 1.68. The third kappa shape index (κ3) is 3.42. The van der Waals surface area contributed by atoms with Crippen molar-refractivity contribution >= 4 is 34.2 Å². The van der Waals surface area contributed by atoms with Gasteiger partial charge in [-0.3, -0.25) is 4.79 Å². The topological polar surface area (TPSA) is 69.0 Å². The standard InChI is InChI=1S/C21H17ClN4O2/c1-13-10-18-19(25-26(24-18)15-6-4-3-5-7-15)12-17(13)23-21(27)16-11-14(22)8-9-20(16)28-2/h3-12H,1-2H3,(H,23,27). The molecule has 4 aromatic rings. The van der Waals surface area contributed by atoms with Gasteiger partial charge in [-0.25, -0.2) is 0 Å². The molecule has 3 aromatic carbocycles. The molecule has 0 aliphatic heterocycles. The van der Waals surface area contributed by atoms with Crippen LogP contribution in [0.3, 0.4) is 0 Å². The molecule has 140 valence electrons. The van der Waals surface area contributed by atoms with Crippen LogP contribution in [0.15, 0.2) is 60.7 Å². The molecule has 6 nitrogen and oxygen atoms in total. The SMILES string of the molecule is COc1ccc(Cl)cc1C(=O)Nc1cc2nn(-c3ccccc3)nc2cc1C. The van der Waals surface area contributed by atoms with E-state index in [1.54, 1.807) is 23.0 Å². The van der Waals surface area contributed by atoms with Crippen molar-refractivity contribution in [2.45, 2.75) is 6.92 Å². The molecule has 1 N–H and O–H groups in total. The zero-order valence-corrected chi connectivity index (χ0v) is 16.1. The molecule has 28 heavy (non-hydrogen) atoms. The lowest BCUT2D eigenvalue weighted by molar-refractivity contribution is 0.102. The molecule has 4 rings (SSSR count). The Morgan fingerprint density at radius 1 is 1.04 bits per heavy atom. The summed E-state index contributed by atoms with van der Waals surface area (Å²) in [6.45, 7) is 1.91. The number of aryl methyl sites for hydroxylation is 1. The quantitative estimate of drug-likeness (QED) is 0.549. The smallest absolute Gasteiger partial charge is 0.259 e. The lowest BCUT2D eigenvalue weighted by Crippen LogP contribution is -2.14. The fourth-order valence-electron chi connectivity index (χ4n) is 2.93. The maximum Gasteiger partial charge on any atom is 0.259 e. The molecule has 0 atom stereocenters. The molecule has 0 aliphatic carbocycles. The van der Waals surface area contributed by atoms with Crippen molar-refractivity contribution in [3.8, 4) is 11.4 Å². The van der Waals surface area contributed by atoms with Crippen LogP contribution in [0.5, 0.6) is 5.75 Å². The molecule has 0 bridgehead atoms. The Kier molecular flexibility index (Phi) is 4.71. The minimum absolute atomic E-state index is 0.308. The fourth-order valence-corrected chi connectivity index (χ4v) is 3.10. The minimum atomic E-state index is -0.308. The number of carbonyl (C=O) groups excluding carboxylic acids is 1. The summed E-state index contributed by atoms with van der Waals surface area (Å²) in [7, 11) is 1.51. The molecule has 1 aromatic heterocycles. The number of para-hydroxylation sites is 1. The molecule has 0 aliphatic rings. The number of halogens is 1. The maximum absolute atomic E-state index is 12.8. The predicted octanol–water partition coefficient (Wildman–Crippen LogP) is 4.64. The van der Waals surface area contributed by atoms with E-state index in [4.69, 9.17) is 16.3 Å². The van der Waals surface area contributed by atoms with Crippen LogP contribution in [0.2, 0.25) is 5.02 Å². The highest BCUT2D eigenvalue weighted by molar-refractivity contribution is 6.31. The van der Waals surface area contributed by atoms with E-state index >= 15 is 0 Å². The number of fused-ring (bicyclic) bond motifs is 1. The first kappa shape index (κ1) is 18.0. The summed E-state index contributed by atoms with van der Waals surface area (Å²) >= 11 is 6.03. The molecule has 0 saturated heterocycles. The molecule has 0 fully saturated rings. The second-order valence-electron chi connectivity index (χ2n) is 6.28. The number of hydrogen-bond donors (Lipinski definition) is 1. The number of rotatable bonds is 4. The van der Waals surface area contributed by atoms with Crippen LogP contribution < -0.4 is 10.1 Å². The summed E-state index contributed by atoms with van der Waals surface area (Å²) in [5.41, 5.74) is 4.19. The number of ether oxygens (including phenoxy) is 1. The number of hydrogen-bond acceptors (Lipinski definition) is 4. The first-order chi connectivity index (χ1) is 13.5. The third-order valence-electron chi connectivity index (χ3n) is 4.37. The van der Waals surface area contributed by atoms with Crippen LogP contribution in [0.25, 0.3) is 16.7 Å². The first-order valence-corrected chi connectivity index (χ1v) is 9.01. The van der Waals surface area contributed by atoms with Crippen LogP contribution in [-0.4, -0.2) is 28.0 Å².